The summed E-state index contributed by atoms with van der Waals surface area (Å²) in [7, 11) is 5.40. The lowest BCUT2D eigenvalue weighted by Gasteiger charge is -2.60. The van der Waals surface area contributed by atoms with Crippen LogP contribution < -0.4 is 10.1 Å². The zero-order valence-electron chi connectivity index (χ0n) is 27.6. The molecule has 2 aromatic carbocycles. The minimum Gasteiger partial charge on any atom is -0.481 e. The van der Waals surface area contributed by atoms with Crippen molar-refractivity contribution in [3.63, 3.8) is 0 Å². The SMILES string of the molecule is COc1nc(-c2cccc(-c3cccc(NC(=O)c4nc5c(n4C)CCN(C)C5)c3Cl)c2Cl)ccc1CN1CC2(C1)CN(C(=O)C(F)(F)F)C2. The molecule has 0 unspecified atom stereocenters. The number of fused-ring (bicyclic) bond motifs is 1. The van der Waals surface area contributed by atoms with E-state index in [1.54, 1.807) is 12.1 Å². The average molecular weight is 729 g/mol. The molecule has 7 rings (SSSR count). The number of likely N-dealkylation sites (N-methyl/N-ethyl adjacent to an activating group) is 1. The number of alkyl halides is 3. The van der Waals surface area contributed by atoms with Crippen LogP contribution in [0.25, 0.3) is 22.4 Å². The van der Waals surface area contributed by atoms with Crippen molar-refractivity contribution in [3.8, 4) is 28.3 Å². The van der Waals surface area contributed by atoms with Gasteiger partial charge in [-0.2, -0.15) is 13.2 Å². The molecule has 5 heterocycles. The second-order valence-corrected chi connectivity index (χ2v) is 14.1. The number of methoxy groups -OCH3 is 1. The van der Waals surface area contributed by atoms with Gasteiger partial charge in [0.25, 0.3) is 5.91 Å². The first kappa shape index (κ1) is 34.3. The van der Waals surface area contributed by atoms with Crippen LogP contribution in [0.5, 0.6) is 5.88 Å². The number of aromatic nitrogens is 3. The van der Waals surface area contributed by atoms with E-state index in [9.17, 15) is 22.8 Å². The molecule has 10 nitrogen and oxygen atoms in total. The number of nitrogens with one attached hydrogen (secondary N) is 1. The number of amides is 2. The lowest BCUT2D eigenvalue weighted by atomic mass is 9.72. The Labute approximate surface area is 296 Å². The molecule has 262 valence electrons. The van der Waals surface area contributed by atoms with E-state index >= 15 is 0 Å². The summed E-state index contributed by atoms with van der Waals surface area (Å²) >= 11 is 13.9. The summed E-state index contributed by atoms with van der Waals surface area (Å²) in [6.07, 6.45) is -4.03. The molecule has 0 saturated carbocycles. The normalized spacial score (nSPS) is 17.2. The first-order valence-corrected chi connectivity index (χ1v) is 16.8. The molecule has 50 heavy (non-hydrogen) atoms. The number of nitrogens with zero attached hydrogens (tertiary/aromatic N) is 6. The molecule has 3 aliphatic rings. The van der Waals surface area contributed by atoms with Gasteiger partial charge in [-0.05, 0) is 19.2 Å². The van der Waals surface area contributed by atoms with E-state index in [1.807, 2.05) is 55.1 Å². The van der Waals surface area contributed by atoms with Crippen LogP contribution >= 0.6 is 23.2 Å². The topological polar surface area (TPSA) is 95.8 Å². The number of carbonyl (C=O) groups is 2. The largest absolute Gasteiger partial charge is 0.481 e. The van der Waals surface area contributed by atoms with E-state index in [1.165, 1.54) is 7.11 Å². The quantitative estimate of drug-likeness (QED) is 0.253. The number of benzene rings is 2. The molecule has 2 amide bonds. The summed E-state index contributed by atoms with van der Waals surface area (Å²) < 4.78 is 45.7. The van der Waals surface area contributed by atoms with E-state index in [2.05, 4.69) is 20.1 Å². The monoisotopic (exact) mass is 727 g/mol. The van der Waals surface area contributed by atoms with Crippen molar-refractivity contribution in [2.75, 3.05) is 52.2 Å². The highest BCUT2D eigenvalue weighted by Crippen LogP contribution is 2.44. The molecule has 2 saturated heterocycles. The second-order valence-electron chi connectivity index (χ2n) is 13.3. The van der Waals surface area contributed by atoms with Gasteiger partial charge in [0.1, 0.15) is 0 Å². The van der Waals surface area contributed by atoms with Crippen molar-refractivity contribution in [1.82, 2.24) is 29.2 Å². The fourth-order valence-electron chi connectivity index (χ4n) is 7.27. The summed E-state index contributed by atoms with van der Waals surface area (Å²) in [5, 5.41) is 3.66. The predicted molar refractivity (Wildman–Crippen MR) is 183 cm³/mol. The Morgan fingerprint density at radius 2 is 1.62 bits per heavy atom. The smallest absolute Gasteiger partial charge is 0.471 e. The Morgan fingerprint density at radius 1 is 0.940 bits per heavy atom. The zero-order valence-corrected chi connectivity index (χ0v) is 29.1. The molecule has 3 aliphatic heterocycles. The maximum atomic E-state index is 13.4. The van der Waals surface area contributed by atoms with Crippen LogP contribution in [0, 0.1) is 5.41 Å². The Morgan fingerprint density at radius 3 is 2.32 bits per heavy atom. The van der Waals surface area contributed by atoms with Gasteiger partial charge in [-0.15, -0.1) is 0 Å². The van der Waals surface area contributed by atoms with Crippen LogP contribution in [-0.4, -0.2) is 94.1 Å². The van der Waals surface area contributed by atoms with Gasteiger partial charge in [0.2, 0.25) is 5.88 Å². The van der Waals surface area contributed by atoms with Gasteiger partial charge in [0.05, 0.1) is 34.2 Å². The van der Waals surface area contributed by atoms with Crippen LogP contribution in [0.1, 0.15) is 27.6 Å². The van der Waals surface area contributed by atoms with Crippen LogP contribution in [0.15, 0.2) is 48.5 Å². The minimum atomic E-state index is -4.85. The van der Waals surface area contributed by atoms with Crippen molar-refractivity contribution >= 4 is 40.7 Å². The number of pyridine rings is 1. The minimum absolute atomic E-state index is 0.105. The number of anilines is 1. The molecule has 2 aromatic heterocycles. The summed E-state index contributed by atoms with van der Waals surface area (Å²) in [5.41, 5.74) is 5.38. The average Bonchev–Trinajstić information content (AvgIpc) is 3.37. The maximum absolute atomic E-state index is 13.4. The number of rotatable bonds is 7. The van der Waals surface area contributed by atoms with Crippen LogP contribution in [0.4, 0.5) is 18.9 Å². The van der Waals surface area contributed by atoms with Crippen LogP contribution in [0.3, 0.4) is 0 Å². The summed E-state index contributed by atoms with van der Waals surface area (Å²) in [6.45, 7) is 3.44. The molecule has 0 radical (unpaired) electrons. The molecular formula is C35H34Cl2F3N7O3. The van der Waals surface area contributed by atoms with E-state index in [-0.39, 0.29) is 24.4 Å². The second kappa shape index (κ2) is 12.9. The Hall–Kier alpha value is -4.17. The van der Waals surface area contributed by atoms with E-state index < -0.39 is 12.1 Å². The van der Waals surface area contributed by atoms with Crippen molar-refractivity contribution in [2.24, 2.45) is 12.5 Å². The lowest BCUT2D eigenvalue weighted by Crippen LogP contribution is -2.73. The number of hydrogen-bond acceptors (Lipinski definition) is 7. The fraction of sp³-hybridized carbons (Fsp3) is 0.371. The van der Waals surface area contributed by atoms with Gasteiger partial charge in [-0.25, -0.2) is 9.97 Å². The molecule has 1 spiro atoms. The van der Waals surface area contributed by atoms with Crippen LogP contribution in [0.2, 0.25) is 10.0 Å². The summed E-state index contributed by atoms with van der Waals surface area (Å²) in [6, 6.07) is 14.6. The third-order valence-corrected chi connectivity index (χ3v) is 10.5. The van der Waals surface area contributed by atoms with Crippen molar-refractivity contribution in [2.45, 2.75) is 25.7 Å². The zero-order chi connectivity index (χ0) is 35.5. The molecule has 0 aliphatic carbocycles. The molecular weight excluding hydrogens is 694 g/mol. The Bertz CT molecular complexity index is 2000. The van der Waals surface area contributed by atoms with Crippen LogP contribution in [-0.2, 0) is 31.4 Å². The van der Waals surface area contributed by atoms with E-state index in [0.29, 0.717) is 76.0 Å². The standard InChI is InChI=1S/C35H34Cl2F3N7O3/c1-44-13-12-27-26(15-44)41-30(45(27)2)31(48)42-25-9-5-7-22(29(25)37)21-6-4-8-23(28(21)36)24-11-10-20(32(43-24)50-3)14-46-16-34(17-46)18-47(19-34)33(49)35(38,39)40/h4-11H,12-19H2,1-3H3,(H,42,48). The first-order chi connectivity index (χ1) is 23.8. The maximum Gasteiger partial charge on any atom is 0.471 e. The van der Waals surface area contributed by atoms with Gasteiger partial charge in [0.15, 0.2) is 5.82 Å². The number of imidazole rings is 1. The fourth-order valence-corrected chi connectivity index (χ4v) is 7.87. The van der Waals surface area contributed by atoms with Gasteiger partial charge >= 0.3 is 12.1 Å². The van der Waals surface area contributed by atoms with Gasteiger partial charge in [-0.3, -0.25) is 14.5 Å². The van der Waals surface area contributed by atoms with Gasteiger partial charge in [-0.1, -0.05) is 59.6 Å². The number of ether oxygens (including phenoxy) is 1. The third kappa shape index (κ3) is 6.21. The number of likely N-dealkylation sites (tertiary alicyclic amines) is 2. The van der Waals surface area contributed by atoms with Crippen molar-refractivity contribution < 1.29 is 27.5 Å². The number of hydrogen-bond donors (Lipinski definition) is 1. The highest BCUT2D eigenvalue weighted by molar-refractivity contribution is 6.39. The molecule has 4 aromatic rings. The van der Waals surface area contributed by atoms with E-state index in [0.717, 1.165) is 34.8 Å². The molecule has 0 bridgehead atoms. The highest BCUT2D eigenvalue weighted by Gasteiger charge is 2.57. The molecule has 2 fully saturated rings. The highest BCUT2D eigenvalue weighted by atomic mass is 35.5. The van der Waals surface area contributed by atoms with Gasteiger partial charge < -0.3 is 24.4 Å². The van der Waals surface area contributed by atoms with Gasteiger partial charge in [0, 0.05) is 92.6 Å². The number of halogens is 5. The molecule has 1 N–H and O–H groups in total. The predicted octanol–water partition coefficient (Wildman–Crippen LogP) is 5.91. The first-order valence-electron chi connectivity index (χ1n) is 16.0. The summed E-state index contributed by atoms with van der Waals surface area (Å²) in [4.78, 5) is 39.3. The molecule has 15 heteroatoms. The Kier molecular flexibility index (Phi) is 8.82. The van der Waals surface area contributed by atoms with Crippen molar-refractivity contribution in [3.05, 3.63) is 81.4 Å². The third-order valence-electron chi connectivity index (χ3n) is 9.69. The lowest BCUT2D eigenvalue weighted by molar-refractivity contribution is -0.205. The van der Waals surface area contributed by atoms with E-state index in [4.69, 9.17) is 32.9 Å². The number of carbonyl (C=O) groups excluding carboxylic acids is 2. The van der Waals surface area contributed by atoms with Crippen molar-refractivity contribution in [1.29, 1.82) is 0 Å². The summed E-state index contributed by atoms with van der Waals surface area (Å²) in [5.74, 6) is -1.42. The molecule has 0 atom stereocenters. The Balaban J connectivity index is 1.06.